The number of rotatable bonds is 5. The molecule has 0 amide bonds. The zero-order chi connectivity index (χ0) is 18.6. The fourth-order valence-electron chi connectivity index (χ4n) is 3.46. The number of anilines is 1. The van der Waals surface area contributed by atoms with Crippen molar-refractivity contribution in [2.45, 2.75) is 38.8 Å². The summed E-state index contributed by atoms with van der Waals surface area (Å²) < 4.78 is 23.2. The lowest BCUT2D eigenvalue weighted by Gasteiger charge is -2.21. The van der Waals surface area contributed by atoms with Gasteiger partial charge in [0, 0.05) is 37.9 Å². The summed E-state index contributed by atoms with van der Waals surface area (Å²) in [7, 11) is -2.85. The topological polar surface area (TPSA) is 86.7 Å². The SMILES string of the molecule is CC(C)NC(=NCC1CCS(=O)(=O)C1)NC1CCN(c2ccccn2)C1. The van der Waals surface area contributed by atoms with Crippen LogP contribution in [0.15, 0.2) is 29.4 Å². The lowest BCUT2D eigenvalue weighted by atomic mass is 10.1. The predicted octanol–water partition coefficient (Wildman–Crippen LogP) is 1.04. The average molecular weight is 380 g/mol. The molecule has 1 aromatic heterocycles. The molecule has 1 aromatic rings. The summed E-state index contributed by atoms with van der Waals surface area (Å²) in [5.41, 5.74) is 0. The number of nitrogens with zero attached hydrogens (tertiary/aromatic N) is 3. The van der Waals surface area contributed by atoms with Crippen LogP contribution in [-0.4, -0.2) is 62.6 Å². The Morgan fingerprint density at radius 1 is 1.38 bits per heavy atom. The Balaban J connectivity index is 1.57. The van der Waals surface area contributed by atoms with Gasteiger partial charge in [0.15, 0.2) is 15.8 Å². The highest BCUT2D eigenvalue weighted by Gasteiger charge is 2.28. The van der Waals surface area contributed by atoms with Crippen molar-refractivity contribution in [2.24, 2.45) is 10.9 Å². The summed E-state index contributed by atoms with van der Waals surface area (Å²) in [6, 6.07) is 6.53. The third-order valence-corrected chi connectivity index (χ3v) is 6.60. The van der Waals surface area contributed by atoms with Crippen LogP contribution in [0.25, 0.3) is 0 Å². The second-order valence-electron chi connectivity index (χ2n) is 7.52. The van der Waals surface area contributed by atoms with Gasteiger partial charge < -0.3 is 15.5 Å². The van der Waals surface area contributed by atoms with Gasteiger partial charge in [-0.15, -0.1) is 0 Å². The molecule has 2 atom stereocenters. The number of guanidine groups is 1. The van der Waals surface area contributed by atoms with Crippen molar-refractivity contribution in [3.63, 3.8) is 0 Å². The second-order valence-corrected chi connectivity index (χ2v) is 9.75. The zero-order valence-electron chi connectivity index (χ0n) is 15.6. The maximum atomic E-state index is 11.6. The molecule has 2 unspecified atom stereocenters. The van der Waals surface area contributed by atoms with Crippen LogP contribution < -0.4 is 15.5 Å². The fraction of sp³-hybridized carbons (Fsp3) is 0.667. The maximum Gasteiger partial charge on any atom is 0.191 e. The van der Waals surface area contributed by atoms with Gasteiger partial charge in [0.2, 0.25) is 0 Å². The largest absolute Gasteiger partial charge is 0.354 e. The molecule has 0 radical (unpaired) electrons. The Morgan fingerprint density at radius 3 is 2.88 bits per heavy atom. The van der Waals surface area contributed by atoms with E-state index in [1.54, 1.807) is 0 Å². The van der Waals surface area contributed by atoms with Crippen LogP contribution in [0.2, 0.25) is 0 Å². The molecule has 0 bridgehead atoms. The smallest absolute Gasteiger partial charge is 0.191 e. The lowest BCUT2D eigenvalue weighted by Crippen LogP contribution is -2.47. The van der Waals surface area contributed by atoms with Crippen LogP contribution in [0, 0.1) is 5.92 Å². The van der Waals surface area contributed by atoms with Crippen molar-refractivity contribution in [3.8, 4) is 0 Å². The number of hydrogen-bond acceptors (Lipinski definition) is 5. The maximum absolute atomic E-state index is 11.6. The van der Waals surface area contributed by atoms with Gasteiger partial charge in [-0.3, -0.25) is 4.99 Å². The van der Waals surface area contributed by atoms with Crippen molar-refractivity contribution in [3.05, 3.63) is 24.4 Å². The van der Waals surface area contributed by atoms with E-state index in [4.69, 9.17) is 0 Å². The first-order valence-electron chi connectivity index (χ1n) is 9.35. The molecule has 2 aliphatic rings. The molecule has 144 valence electrons. The quantitative estimate of drug-likeness (QED) is 0.587. The van der Waals surface area contributed by atoms with Gasteiger partial charge in [0.25, 0.3) is 0 Å². The van der Waals surface area contributed by atoms with Gasteiger partial charge in [-0.25, -0.2) is 13.4 Å². The summed E-state index contributed by atoms with van der Waals surface area (Å²) in [5.74, 6) is 2.48. The van der Waals surface area contributed by atoms with Gasteiger partial charge in [-0.2, -0.15) is 0 Å². The summed E-state index contributed by atoms with van der Waals surface area (Å²) in [6.07, 6.45) is 3.56. The van der Waals surface area contributed by atoms with Crippen LogP contribution in [0.4, 0.5) is 5.82 Å². The van der Waals surface area contributed by atoms with Crippen LogP contribution in [-0.2, 0) is 9.84 Å². The molecule has 8 heteroatoms. The standard InChI is InChI=1S/C18H29N5O2S/c1-14(2)21-18(20-11-15-7-10-26(24,25)13-15)22-16-6-9-23(12-16)17-5-3-4-8-19-17/h3-5,8,14-16H,6-7,9-13H2,1-2H3,(H2,20,21,22). The highest BCUT2D eigenvalue weighted by Crippen LogP contribution is 2.19. The van der Waals surface area contributed by atoms with Crippen LogP contribution >= 0.6 is 0 Å². The molecule has 2 aliphatic heterocycles. The molecule has 0 aromatic carbocycles. The Morgan fingerprint density at radius 2 is 2.23 bits per heavy atom. The van der Waals surface area contributed by atoms with Gasteiger partial charge in [0.1, 0.15) is 5.82 Å². The molecule has 2 saturated heterocycles. The number of hydrogen-bond donors (Lipinski definition) is 2. The molecule has 3 rings (SSSR count). The molecular formula is C18H29N5O2S. The Hall–Kier alpha value is -1.83. The molecular weight excluding hydrogens is 350 g/mol. The first-order valence-corrected chi connectivity index (χ1v) is 11.2. The van der Waals surface area contributed by atoms with Gasteiger partial charge >= 0.3 is 0 Å². The number of aliphatic imine (C=N–C) groups is 1. The van der Waals surface area contributed by atoms with Crippen LogP contribution in [0.5, 0.6) is 0 Å². The summed E-state index contributed by atoms with van der Waals surface area (Å²) in [6.45, 7) is 6.55. The third kappa shape index (κ3) is 5.33. The number of aromatic nitrogens is 1. The molecule has 2 fully saturated rings. The highest BCUT2D eigenvalue weighted by molar-refractivity contribution is 7.91. The van der Waals surface area contributed by atoms with E-state index < -0.39 is 9.84 Å². The van der Waals surface area contributed by atoms with Gasteiger partial charge in [-0.05, 0) is 44.7 Å². The van der Waals surface area contributed by atoms with Crippen molar-refractivity contribution in [2.75, 3.05) is 36.0 Å². The minimum Gasteiger partial charge on any atom is -0.354 e. The first kappa shape index (κ1) is 18.9. The van der Waals surface area contributed by atoms with E-state index in [0.717, 1.165) is 37.7 Å². The van der Waals surface area contributed by atoms with Gasteiger partial charge in [-0.1, -0.05) is 6.07 Å². The number of nitrogens with one attached hydrogen (secondary N) is 2. The van der Waals surface area contributed by atoms with Crippen molar-refractivity contribution in [1.29, 1.82) is 0 Å². The Labute approximate surface area is 156 Å². The third-order valence-electron chi connectivity index (χ3n) is 4.76. The van der Waals surface area contributed by atoms with E-state index in [0.29, 0.717) is 18.3 Å². The van der Waals surface area contributed by atoms with E-state index >= 15 is 0 Å². The number of sulfone groups is 1. The van der Waals surface area contributed by atoms with E-state index in [1.807, 2.05) is 24.4 Å². The fourth-order valence-corrected chi connectivity index (χ4v) is 5.31. The predicted molar refractivity (Wildman–Crippen MR) is 105 cm³/mol. The number of pyridine rings is 1. The van der Waals surface area contributed by atoms with Crippen molar-refractivity contribution >= 4 is 21.6 Å². The summed E-state index contributed by atoms with van der Waals surface area (Å²) in [5, 5.41) is 6.87. The zero-order valence-corrected chi connectivity index (χ0v) is 16.4. The van der Waals surface area contributed by atoms with E-state index in [9.17, 15) is 8.42 Å². The average Bonchev–Trinajstić information content (AvgIpc) is 3.19. The van der Waals surface area contributed by atoms with Crippen LogP contribution in [0.1, 0.15) is 26.7 Å². The van der Waals surface area contributed by atoms with Crippen molar-refractivity contribution < 1.29 is 8.42 Å². The van der Waals surface area contributed by atoms with E-state index in [1.165, 1.54) is 0 Å². The summed E-state index contributed by atoms with van der Waals surface area (Å²) >= 11 is 0. The van der Waals surface area contributed by atoms with Crippen molar-refractivity contribution in [1.82, 2.24) is 15.6 Å². The highest BCUT2D eigenvalue weighted by atomic mass is 32.2. The Bertz CT molecular complexity index is 720. The normalized spacial score (nSPS) is 25.7. The molecule has 2 N–H and O–H groups in total. The van der Waals surface area contributed by atoms with E-state index in [-0.39, 0.29) is 17.7 Å². The second kappa shape index (κ2) is 8.24. The minimum absolute atomic E-state index is 0.138. The molecule has 3 heterocycles. The monoisotopic (exact) mass is 379 g/mol. The molecule has 26 heavy (non-hydrogen) atoms. The lowest BCUT2D eigenvalue weighted by molar-refractivity contribution is 0.581. The molecule has 0 saturated carbocycles. The molecule has 0 aliphatic carbocycles. The van der Waals surface area contributed by atoms with Crippen LogP contribution in [0.3, 0.4) is 0 Å². The summed E-state index contributed by atoms with van der Waals surface area (Å²) in [4.78, 5) is 11.4. The van der Waals surface area contributed by atoms with Gasteiger partial charge in [0.05, 0.1) is 11.5 Å². The Kier molecular flexibility index (Phi) is 6.01. The van der Waals surface area contributed by atoms with E-state index in [2.05, 4.69) is 39.4 Å². The first-order chi connectivity index (χ1) is 12.4. The minimum atomic E-state index is -2.85. The molecule has 7 nitrogen and oxygen atoms in total. The molecule has 0 spiro atoms.